The average molecular weight is 362 g/mol. The molecule has 2 rings (SSSR count). The zero-order chi connectivity index (χ0) is 18.6. The minimum absolute atomic E-state index is 0.100. The van der Waals surface area contributed by atoms with Gasteiger partial charge in [0, 0.05) is 45.5 Å². The normalized spacial score (nSPS) is 14.0. The highest BCUT2D eigenvalue weighted by molar-refractivity contribution is 5.88. The summed E-state index contributed by atoms with van der Waals surface area (Å²) in [6.45, 7) is 5.12. The maximum Gasteiger partial charge on any atom is 0.221 e. The number of hydrogen-bond acceptors (Lipinski definition) is 4. The molecule has 0 unspecified atom stereocenters. The molecule has 0 heterocycles. The molecule has 3 N–H and O–H groups in total. The van der Waals surface area contributed by atoms with Gasteiger partial charge in [-0.2, -0.15) is 0 Å². The van der Waals surface area contributed by atoms with Gasteiger partial charge in [-0.15, -0.1) is 0 Å². The van der Waals surface area contributed by atoms with Crippen molar-refractivity contribution in [3.8, 4) is 5.75 Å². The zero-order valence-electron chi connectivity index (χ0n) is 15.7. The van der Waals surface area contributed by atoms with Crippen LogP contribution in [0.5, 0.6) is 5.75 Å². The Morgan fingerprint density at radius 2 is 2.04 bits per heavy atom. The lowest BCUT2D eigenvalue weighted by Crippen LogP contribution is -2.39. The third-order valence-electron chi connectivity index (χ3n) is 3.85. The molecule has 1 aliphatic rings. The van der Waals surface area contributed by atoms with Gasteiger partial charge in [-0.25, -0.2) is 0 Å². The van der Waals surface area contributed by atoms with E-state index in [1.165, 1.54) is 19.8 Å². The molecule has 0 aromatic heterocycles. The molecular formula is C19H30N4O3. The lowest BCUT2D eigenvalue weighted by atomic mass is 10.3. The Kier molecular flexibility index (Phi) is 8.75. The number of benzene rings is 1. The van der Waals surface area contributed by atoms with Crippen LogP contribution in [-0.4, -0.2) is 51.8 Å². The van der Waals surface area contributed by atoms with Crippen LogP contribution >= 0.6 is 0 Å². The molecule has 0 saturated heterocycles. The fourth-order valence-corrected chi connectivity index (χ4v) is 2.34. The summed E-state index contributed by atoms with van der Waals surface area (Å²) >= 11 is 0. The topological polar surface area (TPSA) is 84.0 Å². The molecule has 1 aromatic carbocycles. The van der Waals surface area contributed by atoms with Crippen LogP contribution in [0, 0.1) is 5.92 Å². The first-order chi connectivity index (χ1) is 12.7. The first-order valence-corrected chi connectivity index (χ1v) is 9.20. The predicted octanol–water partition coefficient (Wildman–Crippen LogP) is 2.01. The minimum atomic E-state index is -0.100. The van der Waals surface area contributed by atoms with Gasteiger partial charge in [0.15, 0.2) is 5.96 Å². The molecule has 1 aliphatic carbocycles. The zero-order valence-corrected chi connectivity index (χ0v) is 15.7. The summed E-state index contributed by atoms with van der Waals surface area (Å²) in [6, 6.07) is 7.34. The van der Waals surface area contributed by atoms with E-state index in [1.54, 1.807) is 13.1 Å². The second kappa shape index (κ2) is 11.4. The van der Waals surface area contributed by atoms with Crippen molar-refractivity contribution < 1.29 is 14.3 Å². The third-order valence-corrected chi connectivity index (χ3v) is 3.85. The van der Waals surface area contributed by atoms with Gasteiger partial charge in [0.05, 0.1) is 6.54 Å². The van der Waals surface area contributed by atoms with Gasteiger partial charge in [-0.1, -0.05) is 6.07 Å². The molecule has 1 aromatic rings. The monoisotopic (exact) mass is 362 g/mol. The average Bonchev–Trinajstić information content (AvgIpc) is 3.44. The second-order valence-electron chi connectivity index (χ2n) is 6.36. The second-order valence-corrected chi connectivity index (χ2v) is 6.36. The lowest BCUT2D eigenvalue weighted by Gasteiger charge is -2.13. The molecule has 7 nitrogen and oxygen atoms in total. The Morgan fingerprint density at radius 1 is 1.23 bits per heavy atom. The number of hydrogen-bond donors (Lipinski definition) is 3. The Bertz CT molecular complexity index is 588. The third kappa shape index (κ3) is 8.71. The number of nitrogens with zero attached hydrogens (tertiary/aromatic N) is 1. The van der Waals surface area contributed by atoms with Crippen molar-refractivity contribution in [1.82, 2.24) is 10.6 Å². The van der Waals surface area contributed by atoms with Crippen LogP contribution in [0.1, 0.15) is 26.2 Å². The minimum Gasteiger partial charge on any atom is -0.492 e. The van der Waals surface area contributed by atoms with Crippen LogP contribution in [0.4, 0.5) is 5.69 Å². The standard InChI is InChI=1S/C19H30N4O3/c1-15(24)23-17-5-3-6-18(13-17)26-12-10-22-19(20-2)21-9-4-11-25-14-16-7-8-16/h3,5-6,13,16H,4,7-12,14H2,1-2H3,(H,23,24)(H2,20,21,22). The molecule has 26 heavy (non-hydrogen) atoms. The van der Waals surface area contributed by atoms with Gasteiger partial charge >= 0.3 is 0 Å². The highest BCUT2D eigenvalue weighted by Crippen LogP contribution is 2.28. The number of carbonyl (C=O) groups excluding carboxylic acids is 1. The number of amides is 1. The highest BCUT2D eigenvalue weighted by Gasteiger charge is 2.20. The van der Waals surface area contributed by atoms with E-state index in [1.807, 2.05) is 18.2 Å². The molecule has 0 spiro atoms. The summed E-state index contributed by atoms with van der Waals surface area (Å²) in [5.74, 6) is 2.18. The summed E-state index contributed by atoms with van der Waals surface area (Å²) in [4.78, 5) is 15.3. The van der Waals surface area contributed by atoms with Gasteiger partial charge in [-0.05, 0) is 37.3 Å². The van der Waals surface area contributed by atoms with Crippen molar-refractivity contribution in [2.45, 2.75) is 26.2 Å². The number of ether oxygens (including phenoxy) is 2. The van der Waals surface area contributed by atoms with E-state index in [0.717, 1.165) is 43.7 Å². The largest absolute Gasteiger partial charge is 0.492 e. The fraction of sp³-hybridized carbons (Fsp3) is 0.579. The van der Waals surface area contributed by atoms with Gasteiger partial charge in [0.25, 0.3) is 0 Å². The number of aliphatic imine (C=N–C) groups is 1. The summed E-state index contributed by atoms with van der Waals surface area (Å²) in [5.41, 5.74) is 0.726. The van der Waals surface area contributed by atoms with E-state index in [4.69, 9.17) is 9.47 Å². The van der Waals surface area contributed by atoms with Crippen molar-refractivity contribution in [1.29, 1.82) is 0 Å². The molecule has 1 fully saturated rings. The lowest BCUT2D eigenvalue weighted by molar-refractivity contribution is -0.114. The van der Waals surface area contributed by atoms with Crippen LogP contribution in [0.15, 0.2) is 29.3 Å². The van der Waals surface area contributed by atoms with E-state index < -0.39 is 0 Å². The summed E-state index contributed by atoms with van der Waals surface area (Å²) in [5, 5.41) is 9.20. The maximum atomic E-state index is 11.1. The summed E-state index contributed by atoms with van der Waals surface area (Å²) in [6.07, 6.45) is 3.61. The summed E-state index contributed by atoms with van der Waals surface area (Å²) in [7, 11) is 1.75. The van der Waals surface area contributed by atoms with E-state index >= 15 is 0 Å². The molecule has 7 heteroatoms. The molecule has 0 bridgehead atoms. The van der Waals surface area contributed by atoms with Crippen molar-refractivity contribution >= 4 is 17.6 Å². The number of anilines is 1. The first kappa shape index (κ1) is 20.0. The highest BCUT2D eigenvalue weighted by atomic mass is 16.5. The van der Waals surface area contributed by atoms with Crippen LogP contribution in [0.25, 0.3) is 0 Å². The molecule has 0 atom stereocenters. The van der Waals surface area contributed by atoms with E-state index in [9.17, 15) is 4.79 Å². The van der Waals surface area contributed by atoms with Crippen molar-refractivity contribution in [3.63, 3.8) is 0 Å². The van der Waals surface area contributed by atoms with Crippen LogP contribution in [-0.2, 0) is 9.53 Å². The Labute approximate surface area is 155 Å². The Hall–Kier alpha value is -2.28. The molecular weight excluding hydrogens is 332 g/mol. The van der Waals surface area contributed by atoms with Crippen molar-refractivity contribution in [2.75, 3.05) is 45.3 Å². The van der Waals surface area contributed by atoms with Gasteiger partial charge in [-0.3, -0.25) is 9.79 Å². The number of nitrogens with one attached hydrogen (secondary N) is 3. The molecule has 1 amide bonds. The van der Waals surface area contributed by atoms with Gasteiger partial charge in [0.1, 0.15) is 12.4 Å². The van der Waals surface area contributed by atoms with Gasteiger partial charge < -0.3 is 25.4 Å². The predicted molar refractivity (Wildman–Crippen MR) is 104 cm³/mol. The number of carbonyl (C=O) groups is 1. The molecule has 1 saturated carbocycles. The maximum absolute atomic E-state index is 11.1. The van der Waals surface area contributed by atoms with Gasteiger partial charge in [0.2, 0.25) is 5.91 Å². The Balaban J connectivity index is 1.54. The number of rotatable bonds is 11. The van der Waals surface area contributed by atoms with Crippen LogP contribution < -0.4 is 20.7 Å². The first-order valence-electron chi connectivity index (χ1n) is 9.20. The van der Waals surface area contributed by atoms with E-state index in [2.05, 4.69) is 20.9 Å². The van der Waals surface area contributed by atoms with E-state index in [0.29, 0.717) is 18.9 Å². The quantitative estimate of drug-likeness (QED) is 0.319. The number of guanidine groups is 1. The summed E-state index contributed by atoms with van der Waals surface area (Å²) < 4.78 is 11.3. The molecule has 0 radical (unpaired) electrons. The van der Waals surface area contributed by atoms with Crippen LogP contribution in [0.3, 0.4) is 0 Å². The fourth-order valence-electron chi connectivity index (χ4n) is 2.34. The van der Waals surface area contributed by atoms with E-state index in [-0.39, 0.29) is 5.91 Å². The van der Waals surface area contributed by atoms with Crippen molar-refractivity contribution in [3.05, 3.63) is 24.3 Å². The molecule has 144 valence electrons. The smallest absolute Gasteiger partial charge is 0.221 e. The van der Waals surface area contributed by atoms with Crippen LogP contribution in [0.2, 0.25) is 0 Å². The van der Waals surface area contributed by atoms with Crippen molar-refractivity contribution in [2.24, 2.45) is 10.9 Å². The Morgan fingerprint density at radius 3 is 2.77 bits per heavy atom. The molecule has 0 aliphatic heterocycles. The SMILES string of the molecule is CN=C(NCCCOCC1CC1)NCCOc1cccc(NC(C)=O)c1.